The summed E-state index contributed by atoms with van der Waals surface area (Å²) in [5.74, 6) is -0.159. The Balaban J connectivity index is 1.70. The van der Waals surface area contributed by atoms with E-state index < -0.39 is 0 Å². The molecule has 0 unspecified atom stereocenters. The summed E-state index contributed by atoms with van der Waals surface area (Å²) in [7, 11) is 0. The molecule has 3 rings (SSSR count). The normalized spacial score (nSPS) is 11.0. The molecule has 0 fully saturated rings. The molecule has 0 spiro atoms. The third-order valence-electron chi connectivity index (χ3n) is 5.66. The minimum Gasteiger partial charge on any atom is -0.206 e. The van der Waals surface area contributed by atoms with E-state index in [0.29, 0.717) is 5.56 Å². The minimum absolute atomic E-state index is 0.159. The summed E-state index contributed by atoms with van der Waals surface area (Å²) in [6.07, 6.45) is 9.68. The molecule has 0 aromatic heterocycles. The van der Waals surface area contributed by atoms with Crippen molar-refractivity contribution < 1.29 is 4.39 Å². The van der Waals surface area contributed by atoms with Gasteiger partial charge in [-0.1, -0.05) is 100 Å². The van der Waals surface area contributed by atoms with Crippen LogP contribution in [0.4, 0.5) is 4.39 Å². The van der Waals surface area contributed by atoms with Gasteiger partial charge in [0.1, 0.15) is 5.82 Å². The van der Waals surface area contributed by atoms with Gasteiger partial charge < -0.3 is 0 Å². The second-order valence-electron chi connectivity index (χ2n) is 8.00. The average Bonchev–Trinajstić information content (AvgIpc) is 2.75. The number of benzene rings is 3. The average molecular weight is 389 g/mol. The van der Waals surface area contributed by atoms with Gasteiger partial charge in [-0.2, -0.15) is 0 Å². The highest BCUT2D eigenvalue weighted by atomic mass is 19.1. The van der Waals surface area contributed by atoms with Crippen LogP contribution in [0.5, 0.6) is 0 Å². The summed E-state index contributed by atoms with van der Waals surface area (Å²) in [6, 6.07) is 22.5. The number of halogens is 1. The lowest BCUT2D eigenvalue weighted by Crippen LogP contribution is -1.90. The standard InChI is InChI=1S/C28H33F/c1-3-5-7-9-22-11-15-24(16-12-22)26-19-20-27(28(29)21-26)25-17-13-23(14-18-25)10-8-6-4-2/h11-21H,3-10H2,1-2H3. The molecule has 0 heterocycles. The van der Waals surface area contributed by atoms with Crippen molar-refractivity contribution in [2.45, 2.75) is 65.2 Å². The molecule has 0 nitrogen and oxygen atoms in total. The SMILES string of the molecule is CCCCCc1ccc(-c2ccc(-c3ccc(CCCCC)cc3)c(F)c2)cc1. The fraction of sp³-hybridized carbons (Fsp3) is 0.357. The summed E-state index contributed by atoms with van der Waals surface area (Å²) in [5.41, 5.74) is 6.31. The zero-order valence-corrected chi connectivity index (χ0v) is 17.9. The number of aryl methyl sites for hydroxylation is 2. The highest BCUT2D eigenvalue weighted by Crippen LogP contribution is 2.29. The fourth-order valence-electron chi connectivity index (χ4n) is 3.80. The van der Waals surface area contributed by atoms with Gasteiger partial charge in [0.05, 0.1) is 0 Å². The van der Waals surface area contributed by atoms with Gasteiger partial charge in [0.15, 0.2) is 0 Å². The summed E-state index contributed by atoms with van der Waals surface area (Å²) >= 11 is 0. The van der Waals surface area contributed by atoms with E-state index in [0.717, 1.165) is 29.5 Å². The highest BCUT2D eigenvalue weighted by molar-refractivity contribution is 5.71. The van der Waals surface area contributed by atoms with Crippen LogP contribution in [0.15, 0.2) is 66.7 Å². The molecule has 0 atom stereocenters. The predicted molar refractivity (Wildman–Crippen MR) is 124 cm³/mol. The molecular weight excluding hydrogens is 355 g/mol. The van der Waals surface area contributed by atoms with Gasteiger partial charge in [-0.05, 0) is 59.6 Å². The Kier molecular flexibility index (Phi) is 8.04. The number of hydrogen-bond donors (Lipinski definition) is 0. The summed E-state index contributed by atoms with van der Waals surface area (Å²) in [4.78, 5) is 0. The van der Waals surface area contributed by atoms with E-state index in [4.69, 9.17) is 0 Å². The van der Waals surface area contributed by atoms with Crippen LogP contribution in [-0.2, 0) is 12.8 Å². The maximum atomic E-state index is 14.9. The van der Waals surface area contributed by atoms with Crippen molar-refractivity contribution in [3.05, 3.63) is 83.7 Å². The molecule has 3 aromatic rings. The van der Waals surface area contributed by atoms with Crippen LogP contribution in [0.25, 0.3) is 22.3 Å². The topological polar surface area (TPSA) is 0 Å². The highest BCUT2D eigenvalue weighted by Gasteiger charge is 2.08. The Hall–Kier alpha value is -2.41. The summed E-state index contributed by atoms with van der Waals surface area (Å²) in [6.45, 7) is 4.45. The molecule has 3 aromatic carbocycles. The van der Waals surface area contributed by atoms with Crippen molar-refractivity contribution in [3.8, 4) is 22.3 Å². The molecule has 0 bridgehead atoms. The van der Waals surface area contributed by atoms with Crippen molar-refractivity contribution in [3.63, 3.8) is 0 Å². The third kappa shape index (κ3) is 6.03. The lowest BCUT2D eigenvalue weighted by atomic mass is 9.97. The van der Waals surface area contributed by atoms with Gasteiger partial charge in [-0.25, -0.2) is 4.39 Å². The molecule has 0 saturated carbocycles. The first kappa shape index (κ1) is 21.3. The predicted octanol–water partition coefficient (Wildman–Crippen LogP) is 8.63. The zero-order valence-electron chi connectivity index (χ0n) is 17.9. The monoisotopic (exact) mass is 388 g/mol. The van der Waals surface area contributed by atoms with Gasteiger partial charge in [0.25, 0.3) is 0 Å². The van der Waals surface area contributed by atoms with Gasteiger partial charge in [0.2, 0.25) is 0 Å². The quantitative estimate of drug-likeness (QED) is 0.305. The first-order valence-corrected chi connectivity index (χ1v) is 11.2. The first-order valence-electron chi connectivity index (χ1n) is 11.2. The van der Waals surface area contributed by atoms with Crippen LogP contribution < -0.4 is 0 Å². The second-order valence-corrected chi connectivity index (χ2v) is 8.00. The summed E-state index contributed by atoms with van der Waals surface area (Å²) in [5, 5.41) is 0. The summed E-state index contributed by atoms with van der Waals surface area (Å²) < 4.78 is 14.9. The number of rotatable bonds is 10. The van der Waals surface area contributed by atoms with Crippen LogP contribution in [0.1, 0.15) is 63.5 Å². The molecular formula is C28H33F. The molecule has 0 aliphatic rings. The van der Waals surface area contributed by atoms with Gasteiger partial charge >= 0.3 is 0 Å². The number of unbranched alkanes of at least 4 members (excludes halogenated alkanes) is 4. The smallest absolute Gasteiger partial charge is 0.131 e. The zero-order chi connectivity index (χ0) is 20.5. The van der Waals surface area contributed by atoms with E-state index >= 15 is 0 Å². The molecule has 0 aliphatic heterocycles. The van der Waals surface area contributed by atoms with Crippen LogP contribution in [0.2, 0.25) is 0 Å². The Labute approximate surface area is 175 Å². The van der Waals surface area contributed by atoms with Gasteiger partial charge in [-0.15, -0.1) is 0 Å². The lowest BCUT2D eigenvalue weighted by molar-refractivity contribution is 0.632. The van der Waals surface area contributed by atoms with Crippen molar-refractivity contribution >= 4 is 0 Å². The molecule has 152 valence electrons. The lowest BCUT2D eigenvalue weighted by Gasteiger charge is -2.09. The number of hydrogen-bond acceptors (Lipinski definition) is 0. The van der Waals surface area contributed by atoms with E-state index in [1.807, 2.05) is 24.3 Å². The Morgan fingerprint density at radius 1 is 0.552 bits per heavy atom. The first-order chi connectivity index (χ1) is 14.2. The van der Waals surface area contributed by atoms with E-state index in [1.54, 1.807) is 6.07 Å². The van der Waals surface area contributed by atoms with E-state index in [2.05, 4.69) is 50.2 Å². The fourth-order valence-corrected chi connectivity index (χ4v) is 3.80. The van der Waals surface area contributed by atoms with Crippen molar-refractivity contribution in [1.29, 1.82) is 0 Å². The Bertz CT molecular complexity index is 875. The molecule has 0 aliphatic carbocycles. The Morgan fingerprint density at radius 3 is 1.52 bits per heavy atom. The van der Waals surface area contributed by atoms with Crippen LogP contribution in [-0.4, -0.2) is 0 Å². The van der Waals surface area contributed by atoms with Crippen LogP contribution in [0, 0.1) is 5.82 Å². The van der Waals surface area contributed by atoms with E-state index in [9.17, 15) is 4.39 Å². The van der Waals surface area contributed by atoms with Crippen LogP contribution in [0.3, 0.4) is 0 Å². The molecule has 0 radical (unpaired) electrons. The van der Waals surface area contributed by atoms with E-state index in [1.165, 1.54) is 49.7 Å². The van der Waals surface area contributed by atoms with Crippen LogP contribution >= 0.6 is 0 Å². The molecule has 1 heteroatoms. The molecule has 0 N–H and O–H groups in total. The maximum absolute atomic E-state index is 14.9. The molecule has 0 saturated heterocycles. The van der Waals surface area contributed by atoms with Crippen molar-refractivity contribution in [2.75, 3.05) is 0 Å². The largest absolute Gasteiger partial charge is 0.206 e. The molecule has 0 amide bonds. The van der Waals surface area contributed by atoms with Gasteiger partial charge in [0, 0.05) is 5.56 Å². The van der Waals surface area contributed by atoms with Crippen molar-refractivity contribution in [1.82, 2.24) is 0 Å². The maximum Gasteiger partial charge on any atom is 0.131 e. The minimum atomic E-state index is -0.159. The third-order valence-corrected chi connectivity index (χ3v) is 5.66. The second kappa shape index (κ2) is 11.0. The Morgan fingerprint density at radius 2 is 1.03 bits per heavy atom. The molecule has 29 heavy (non-hydrogen) atoms. The van der Waals surface area contributed by atoms with Gasteiger partial charge in [-0.3, -0.25) is 0 Å². The van der Waals surface area contributed by atoms with E-state index in [-0.39, 0.29) is 5.82 Å². The van der Waals surface area contributed by atoms with Crippen molar-refractivity contribution in [2.24, 2.45) is 0 Å².